The molecule has 1 aliphatic rings. The van der Waals surface area contributed by atoms with E-state index in [1.807, 2.05) is 55.5 Å². The van der Waals surface area contributed by atoms with E-state index in [0.29, 0.717) is 12.2 Å². The Bertz CT molecular complexity index is 737. The van der Waals surface area contributed by atoms with Gasteiger partial charge in [0.2, 0.25) is 5.91 Å². The smallest absolute Gasteiger partial charge is 0.220 e. The summed E-state index contributed by atoms with van der Waals surface area (Å²) in [5.41, 5.74) is 2.87. The molecule has 2 aromatic rings. The van der Waals surface area contributed by atoms with Gasteiger partial charge in [-0.3, -0.25) is 9.59 Å². The summed E-state index contributed by atoms with van der Waals surface area (Å²) < 4.78 is 5.66. The third kappa shape index (κ3) is 4.02. The molecule has 0 saturated heterocycles. The van der Waals surface area contributed by atoms with Crippen molar-refractivity contribution in [2.75, 3.05) is 6.61 Å². The molecule has 124 valence electrons. The minimum Gasteiger partial charge on any atom is -0.491 e. The maximum atomic E-state index is 12.1. The highest BCUT2D eigenvalue weighted by molar-refractivity contribution is 5.98. The van der Waals surface area contributed by atoms with Crippen molar-refractivity contribution in [3.05, 3.63) is 65.2 Å². The molecule has 1 atom stereocenters. The molecule has 1 N–H and O–H groups in total. The lowest BCUT2D eigenvalue weighted by molar-refractivity contribution is -0.122. The number of ketones is 1. The summed E-state index contributed by atoms with van der Waals surface area (Å²) in [5.74, 6) is 0.774. The molecular formula is C20H21NO3. The molecule has 1 amide bonds. The first-order valence-electron chi connectivity index (χ1n) is 8.22. The minimum atomic E-state index is -0.108. The van der Waals surface area contributed by atoms with Crippen molar-refractivity contribution in [3.63, 3.8) is 0 Å². The molecule has 2 aromatic carbocycles. The van der Waals surface area contributed by atoms with Gasteiger partial charge >= 0.3 is 0 Å². The predicted octanol–water partition coefficient (Wildman–Crippen LogP) is 3.08. The Morgan fingerprint density at radius 1 is 1.08 bits per heavy atom. The molecule has 0 saturated carbocycles. The number of fused-ring (bicyclic) bond motifs is 1. The van der Waals surface area contributed by atoms with Crippen molar-refractivity contribution in [1.29, 1.82) is 0 Å². The van der Waals surface area contributed by atoms with Crippen LogP contribution >= 0.6 is 0 Å². The number of ether oxygens (including phenoxy) is 1. The zero-order valence-corrected chi connectivity index (χ0v) is 13.7. The van der Waals surface area contributed by atoms with Gasteiger partial charge in [0.15, 0.2) is 5.78 Å². The van der Waals surface area contributed by atoms with Gasteiger partial charge in [-0.2, -0.15) is 0 Å². The number of nitrogens with one attached hydrogen (secondary N) is 1. The van der Waals surface area contributed by atoms with Crippen molar-refractivity contribution in [3.8, 4) is 5.75 Å². The molecule has 0 aromatic heterocycles. The van der Waals surface area contributed by atoms with E-state index in [2.05, 4.69) is 5.32 Å². The van der Waals surface area contributed by atoms with Crippen LogP contribution < -0.4 is 10.1 Å². The molecule has 4 heteroatoms. The van der Waals surface area contributed by atoms with Crippen LogP contribution in [0.1, 0.15) is 34.3 Å². The van der Waals surface area contributed by atoms with Gasteiger partial charge in [0.1, 0.15) is 12.4 Å². The second kappa shape index (κ2) is 7.30. The van der Waals surface area contributed by atoms with E-state index in [9.17, 15) is 9.59 Å². The Hall–Kier alpha value is -2.62. The molecule has 0 fully saturated rings. The van der Waals surface area contributed by atoms with Gasteiger partial charge in [-0.15, -0.1) is 0 Å². The van der Waals surface area contributed by atoms with E-state index < -0.39 is 0 Å². The number of Topliss-reactive ketones (excluding diaryl/α,β-unsaturated/α-hetero) is 1. The van der Waals surface area contributed by atoms with Crippen molar-refractivity contribution in [1.82, 2.24) is 5.32 Å². The van der Waals surface area contributed by atoms with E-state index in [1.165, 1.54) is 0 Å². The molecule has 1 aliphatic heterocycles. The number of hydrogen-bond acceptors (Lipinski definition) is 3. The second-order valence-corrected chi connectivity index (χ2v) is 6.18. The van der Waals surface area contributed by atoms with Gasteiger partial charge in [0.05, 0.1) is 6.04 Å². The average Bonchev–Trinajstić information content (AvgIpc) is 2.60. The molecule has 1 unspecified atom stereocenters. The van der Waals surface area contributed by atoms with Gasteiger partial charge in [-0.25, -0.2) is 0 Å². The first-order valence-corrected chi connectivity index (χ1v) is 8.22. The standard InChI is InChI=1S/C20H21NO3/c1-14-6-8-15(9-7-14)18(22)10-11-20(23)21-17-12-16-4-2-3-5-19(16)24-13-17/h2-9,17H,10-13H2,1H3,(H,21,23). The summed E-state index contributed by atoms with van der Waals surface area (Å²) in [4.78, 5) is 24.2. The van der Waals surface area contributed by atoms with E-state index >= 15 is 0 Å². The topological polar surface area (TPSA) is 55.4 Å². The Balaban J connectivity index is 1.48. The third-order valence-corrected chi connectivity index (χ3v) is 4.20. The highest BCUT2D eigenvalue weighted by Crippen LogP contribution is 2.23. The number of hydrogen-bond donors (Lipinski definition) is 1. The lowest BCUT2D eigenvalue weighted by Crippen LogP contribution is -2.42. The van der Waals surface area contributed by atoms with Crippen LogP contribution in [0.3, 0.4) is 0 Å². The van der Waals surface area contributed by atoms with E-state index in [-0.39, 0.29) is 30.6 Å². The molecular weight excluding hydrogens is 302 g/mol. The lowest BCUT2D eigenvalue weighted by Gasteiger charge is -2.26. The fourth-order valence-electron chi connectivity index (χ4n) is 2.83. The van der Waals surface area contributed by atoms with Crippen LogP contribution in [-0.2, 0) is 11.2 Å². The summed E-state index contributed by atoms with van der Waals surface area (Å²) in [6.45, 7) is 2.45. The summed E-state index contributed by atoms with van der Waals surface area (Å²) in [6.07, 6.45) is 1.18. The molecule has 4 nitrogen and oxygen atoms in total. The van der Waals surface area contributed by atoms with Gasteiger partial charge in [0, 0.05) is 18.4 Å². The summed E-state index contributed by atoms with van der Waals surface area (Å²) in [7, 11) is 0. The number of benzene rings is 2. The predicted molar refractivity (Wildman–Crippen MR) is 92.3 cm³/mol. The van der Waals surface area contributed by atoms with Crippen LogP contribution in [0, 0.1) is 6.92 Å². The minimum absolute atomic E-state index is 0.00427. The van der Waals surface area contributed by atoms with Gasteiger partial charge < -0.3 is 10.1 Å². The number of rotatable bonds is 5. The Labute approximate surface area is 141 Å². The first kappa shape index (κ1) is 16.2. The molecule has 0 aliphatic carbocycles. The van der Waals surface area contributed by atoms with Crippen molar-refractivity contribution in [2.24, 2.45) is 0 Å². The molecule has 0 radical (unpaired) electrons. The lowest BCUT2D eigenvalue weighted by atomic mass is 10.0. The molecule has 3 rings (SSSR count). The number of carbonyl (C=O) groups is 2. The van der Waals surface area contributed by atoms with E-state index in [0.717, 1.165) is 23.3 Å². The second-order valence-electron chi connectivity index (χ2n) is 6.18. The highest BCUT2D eigenvalue weighted by Gasteiger charge is 2.21. The van der Waals surface area contributed by atoms with Crippen molar-refractivity contribution >= 4 is 11.7 Å². The van der Waals surface area contributed by atoms with Crippen LogP contribution in [0.15, 0.2) is 48.5 Å². The number of aryl methyl sites for hydroxylation is 1. The largest absolute Gasteiger partial charge is 0.491 e. The quantitative estimate of drug-likeness (QED) is 0.860. The van der Waals surface area contributed by atoms with Crippen LogP contribution in [-0.4, -0.2) is 24.3 Å². The number of amides is 1. The Morgan fingerprint density at radius 3 is 2.62 bits per heavy atom. The van der Waals surface area contributed by atoms with E-state index in [1.54, 1.807) is 0 Å². The highest BCUT2D eigenvalue weighted by atomic mass is 16.5. The zero-order chi connectivity index (χ0) is 16.9. The van der Waals surface area contributed by atoms with Gasteiger partial charge in [0.25, 0.3) is 0 Å². The maximum Gasteiger partial charge on any atom is 0.220 e. The Morgan fingerprint density at radius 2 is 1.83 bits per heavy atom. The van der Waals surface area contributed by atoms with E-state index in [4.69, 9.17) is 4.74 Å². The van der Waals surface area contributed by atoms with Gasteiger partial charge in [-0.05, 0) is 25.0 Å². The van der Waals surface area contributed by atoms with Crippen LogP contribution in [0.4, 0.5) is 0 Å². The molecule has 0 spiro atoms. The zero-order valence-electron chi connectivity index (χ0n) is 13.7. The molecule has 24 heavy (non-hydrogen) atoms. The van der Waals surface area contributed by atoms with Crippen molar-refractivity contribution < 1.29 is 14.3 Å². The number of carbonyl (C=O) groups excluding carboxylic acids is 2. The summed E-state index contributed by atoms with van der Waals surface area (Å²) >= 11 is 0. The molecule has 1 heterocycles. The monoisotopic (exact) mass is 323 g/mol. The van der Waals surface area contributed by atoms with Gasteiger partial charge in [-0.1, -0.05) is 48.0 Å². The third-order valence-electron chi connectivity index (χ3n) is 4.20. The average molecular weight is 323 g/mol. The van der Waals surface area contributed by atoms with Crippen LogP contribution in [0.5, 0.6) is 5.75 Å². The number of para-hydroxylation sites is 1. The summed E-state index contributed by atoms with van der Waals surface area (Å²) in [6, 6.07) is 15.2. The van der Waals surface area contributed by atoms with Crippen molar-refractivity contribution in [2.45, 2.75) is 32.2 Å². The maximum absolute atomic E-state index is 12.1. The van der Waals surface area contributed by atoms with Crippen LogP contribution in [0.2, 0.25) is 0 Å². The SMILES string of the molecule is Cc1ccc(C(=O)CCC(=O)NC2COc3ccccc3C2)cc1. The summed E-state index contributed by atoms with van der Waals surface area (Å²) in [5, 5.41) is 2.96. The normalized spacial score (nSPS) is 16.0. The Kier molecular flexibility index (Phi) is 4.94. The fraction of sp³-hybridized carbons (Fsp3) is 0.300. The van der Waals surface area contributed by atoms with Crippen LogP contribution in [0.25, 0.3) is 0 Å². The fourth-order valence-corrected chi connectivity index (χ4v) is 2.83. The molecule has 0 bridgehead atoms. The first-order chi connectivity index (χ1) is 11.6.